The van der Waals surface area contributed by atoms with E-state index in [9.17, 15) is 24.3 Å². The molecule has 1 aliphatic rings. The van der Waals surface area contributed by atoms with Gasteiger partial charge in [-0.05, 0) is 17.5 Å². The van der Waals surface area contributed by atoms with E-state index in [2.05, 4.69) is 17.7 Å². The molecule has 0 bridgehead atoms. The van der Waals surface area contributed by atoms with Gasteiger partial charge in [0, 0.05) is 32.0 Å². The number of ether oxygens (including phenoxy) is 1. The van der Waals surface area contributed by atoms with Gasteiger partial charge in [0.2, 0.25) is 11.8 Å². The zero-order valence-corrected chi connectivity index (χ0v) is 23.7. The van der Waals surface area contributed by atoms with Gasteiger partial charge >= 0.3 is 11.9 Å². The summed E-state index contributed by atoms with van der Waals surface area (Å²) in [6.45, 7) is 2.15. The second-order valence-electron chi connectivity index (χ2n) is 10.3. The van der Waals surface area contributed by atoms with Crippen molar-refractivity contribution in [3.05, 3.63) is 71.8 Å². The molecule has 10 nitrogen and oxygen atoms in total. The number of aliphatic carboxylic acids is 1. The highest BCUT2D eigenvalue weighted by Gasteiger charge is 2.57. The molecule has 0 unspecified atom stereocenters. The molecule has 41 heavy (non-hydrogen) atoms. The lowest BCUT2D eigenvalue weighted by Crippen LogP contribution is -2.71. The Hall–Kier alpha value is -3.76. The summed E-state index contributed by atoms with van der Waals surface area (Å²) < 4.78 is 5.44. The number of carboxylic acid groups (broad SMARTS) is 1. The first-order valence-electron chi connectivity index (χ1n) is 14.3. The minimum absolute atomic E-state index is 0.00989. The first kappa shape index (κ1) is 31.8. The Bertz CT molecular complexity index is 1130. The van der Waals surface area contributed by atoms with Gasteiger partial charge in [0.25, 0.3) is 5.54 Å². The molecule has 1 saturated heterocycles. The van der Waals surface area contributed by atoms with E-state index in [0.29, 0.717) is 24.9 Å². The second-order valence-corrected chi connectivity index (χ2v) is 10.3. The molecule has 0 saturated carbocycles. The molecule has 3 rings (SSSR count). The fraction of sp³-hybridized carbons (Fsp3) is 0.484. The maximum absolute atomic E-state index is 14.0. The average molecular weight is 568 g/mol. The number of benzene rings is 2. The summed E-state index contributed by atoms with van der Waals surface area (Å²) >= 11 is 0. The number of carboxylic acids is 1. The van der Waals surface area contributed by atoms with Gasteiger partial charge in [0.1, 0.15) is 6.61 Å². The van der Waals surface area contributed by atoms with E-state index in [0.717, 1.165) is 36.1 Å². The number of hydroxylamine groups is 1. The van der Waals surface area contributed by atoms with Gasteiger partial charge in [-0.25, -0.2) is 15.1 Å². The summed E-state index contributed by atoms with van der Waals surface area (Å²) in [5, 5.41) is 13.2. The fourth-order valence-corrected chi connectivity index (χ4v) is 4.92. The normalized spacial score (nSPS) is 17.4. The minimum atomic E-state index is -2.25. The van der Waals surface area contributed by atoms with Crippen LogP contribution in [0.5, 0.6) is 0 Å². The van der Waals surface area contributed by atoms with Crippen LogP contribution in [0.3, 0.4) is 0 Å². The number of rotatable bonds is 16. The molecule has 1 heterocycles. The van der Waals surface area contributed by atoms with Gasteiger partial charge in [-0.3, -0.25) is 14.4 Å². The van der Waals surface area contributed by atoms with E-state index in [1.807, 2.05) is 36.4 Å². The SMILES string of the molecule is CCCCCCC[C@H](CC(=O)NOCc1ccccc1)C(=O)N1CCNC[C@]1(C(=O)O)C(=O)OCc1ccccc1. The second kappa shape index (κ2) is 16.5. The van der Waals surface area contributed by atoms with Crippen LogP contribution in [-0.2, 0) is 42.0 Å². The van der Waals surface area contributed by atoms with Crippen LogP contribution in [0.4, 0.5) is 0 Å². The predicted octanol–water partition coefficient (Wildman–Crippen LogP) is 3.60. The third-order valence-corrected chi connectivity index (χ3v) is 7.23. The van der Waals surface area contributed by atoms with Crippen molar-refractivity contribution < 1.29 is 33.9 Å². The van der Waals surface area contributed by atoms with Crippen LogP contribution < -0.4 is 10.8 Å². The standard InChI is InChI=1S/C31H41N3O7/c1-2-3-4-5-12-17-26(20-27(35)33-41-22-25-15-10-7-11-16-25)28(36)34-19-18-32-23-31(34,29(37)38)30(39)40-21-24-13-8-6-9-14-24/h6-11,13-16,26,32H,2-5,12,17-23H2,1H3,(H,33,35)(H,37,38)/t26-,31+/m1/s1. The number of piperazine rings is 1. The van der Waals surface area contributed by atoms with Crippen LogP contribution in [0.2, 0.25) is 0 Å². The molecular formula is C31H41N3O7. The highest BCUT2D eigenvalue weighted by atomic mass is 16.6. The molecule has 2 aromatic carbocycles. The first-order chi connectivity index (χ1) is 19.9. The molecule has 10 heteroatoms. The summed E-state index contributed by atoms with van der Waals surface area (Å²) in [6.07, 6.45) is 4.90. The Kier molecular flexibility index (Phi) is 12.8. The van der Waals surface area contributed by atoms with E-state index >= 15 is 0 Å². The first-order valence-corrected chi connectivity index (χ1v) is 14.3. The average Bonchev–Trinajstić information content (AvgIpc) is 2.99. The molecule has 1 aliphatic heterocycles. The lowest BCUT2D eigenvalue weighted by atomic mass is 9.89. The quantitative estimate of drug-likeness (QED) is 0.121. The number of nitrogens with zero attached hydrogens (tertiary/aromatic N) is 1. The molecule has 0 aliphatic carbocycles. The van der Waals surface area contributed by atoms with Crippen LogP contribution >= 0.6 is 0 Å². The van der Waals surface area contributed by atoms with Crippen molar-refractivity contribution >= 4 is 23.8 Å². The van der Waals surface area contributed by atoms with Gasteiger partial charge in [-0.2, -0.15) is 0 Å². The van der Waals surface area contributed by atoms with E-state index in [4.69, 9.17) is 9.57 Å². The number of esters is 1. The predicted molar refractivity (Wildman–Crippen MR) is 152 cm³/mol. The molecule has 1 fully saturated rings. The van der Waals surface area contributed by atoms with Gasteiger partial charge in [0.05, 0.1) is 6.61 Å². The van der Waals surface area contributed by atoms with E-state index < -0.39 is 35.2 Å². The number of unbranched alkanes of at least 4 members (excludes halogenated alkanes) is 4. The monoisotopic (exact) mass is 567 g/mol. The Morgan fingerprint density at radius 3 is 2.22 bits per heavy atom. The zero-order valence-electron chi connectivity index (χ0n) is 23.7. The maximum Gasteiger partial charge on any atom is 0.345 e. The molecule has 2 aromatic rings. The van der Waals surface area contributed by atoms with Crippen LogP contribution in [0.15, 0.2) is 60.7 Å². The number of hydrogen-bond donors (Lipinski definition) is 3. The number of amides is 2. The van der Waals surface area contributed by atoms with Crippen molar-refractivity contribution in [2.24, 2.45) is 5.92 Å². The summed E-state index contributed by atoms with van der Waals surface area (Å²) in [4.78, 5) is 59.3. The number of carbonyl (C=O) groups is 4. The van der Waals surface area contributed by atoms with E-state index in [1.165, 1.54) is 0 Å². The van der Waals surface area contributed by atoms with Gasteiger partial charge in [-0.1, -0.05) is 99.7 Å². The van der Waals surface area contributed by atoms with Crippen molar-refractivity contribution in [2.45, 2.75) is 70.6 Å². The van der Waals surface area contributed by atoms with E-state index in [1.54, 1.807) is 24.3 Å². The highest BCUT2D eigenvalue weighted by molar-refractivity contribution is 6.08. The summed E-state index contributed by atoms with van der Waals surface area (Å²) in [5.41, 5.74) is 1.73. The molecule has 222 valence electrons. The lowest BCUT2D eigenvalue weighted by Gasteiger charge is -2.43. The van der Waals surface area contributed by atoms with Crippen LogP contribution in [0, 0.1) is 5.92 Å². The minimum Gasteiger partial charge on any atom is -0.479 e. The van der Waals surface area contributed by atoms with Crippen molar-refractivity contribution in [3.63, 3.8) is 0 Å². The molecule has 0 radical (unpaired) electrons. The third kappa shape index (κ3) is 9.12. The zero-order chi connectivity index (χ0) is 29.5. The van der Waals surface area contributed by atoms with Crippen LogP contribution in [0.1, 0.15) is 63.0 Å². The summed E-state index contributed by atoms with van der Waals surface area (Å²) in [5.74, 6) is -4.37. The molecule has 2 amide bonds. The Labute approximate surface area is 241 Å². The fourth-order valence-electron chi connectivity index (χ4n) is 4.92. The Morgan fingerprint density at radius 2 is 1.59 bits per heavy atom. The number of nitrogens with one attached hydrogen (secondary N) is 2. The molecule has 2 atom stereocenters. The van der Waals surface area contributed by atoms with Crippen molar-refractivity contribution in [2.75, 3.05) is 19.6 Å². The largest absolute Gasteiger partial charge is 0.479 e. The number of hydrogen-bond acceptors (Lipinski definition) is 7. The molecule has 3 N–H and O–H groups in total. The Morgan fingerprint density at radius 1 is 0.951 bits per heavy atom. The number of carbonyl (C=O) groups excluding carboxylic acids is 3. The van der Waals surface area contributed by atoms with Crippen molar-refractivity contribution in [3.8, 4) is 0 Å². The van der Waals surface area contributed by atoms with E-state index in [-0.39, 0.29) is 32.7 Å². The summed E-state index contributed by atoms with van der Waals surface area (Å²) in [6, 6.07) is 18.2. The third-order valence-electron chi connectivity index (χ3n) is 7.23. The Balaban J connectivity index is 1.74. The van der Waals surface area contributed by atoms with Gasteiger partial charge in [-0.15, -0.1) is 0 Å². The molecular weight excluding hydrogens is 526 g/mol. The van der Waals surface area contributed by atoms with Gasteiger partial charge in [0.15, 0.2) is 0 Å². The maximum atomic E-state index is 14.0. The van der Waals surface area contributed by atoms with Crippen molar-refractivity contribution in [1.82, 2.24) is 15.7 Å². The lowest BCUT2D eigenvalue weighted by molar-refractivity contribution is -0.180. The van der Waals surface area contributed by atoms with Gasteiger partial charge < -0.3 is 20.1 Å². The summed E-state index contributed by atoms with van der Waals surface area (Å²) in [7, 11) is 0. The smallest absolute Gasteiger partial charge is 0.345 e. The highest BCUT2D eigenvalue weighted by Crippen LogP contribution is 2.27. The molecule has 0 spiro atoms. The van der Waals surface area contributed by atoms with Crippen molar-refractivity contribution in [1.29, 1.82) is 0 Å². The van der Waals surface area contributed by atoms with Crippen LogP contribution in [-0.4, -0.2) is 58.9 Å². The topological polar surface area (TPSA) is 134 Å². The van der Waals surface area contributed by atoms with Crippen LogP contribution in [0.25, 0.3) is 0 Å². The molecule has 0 aromatic heterocycles.